The van der Waals surface area contributed by atoms with Crippen LogP contribution in [0.15, 0.2) is 0 Å². The number of nitrogens with one attached hydrogen (secondary N) is 1. The second-order valence-corrected chi connectivity index (χ2v) is 6.17. The fraction of sp³-hybridized carbons (Fsp3) is 1.00. The number of nitrogens with zero attached hydrogens (tertiary/aromatic N) is 1. The van der Waals surface area contributed by atoms with Crippen molar-refractivity contribution in [3.63, 3.8) is 0 Å². The molecule has 1 aliphatic heterocycles. The standard InChI is InChI=1S/C16H34N2O3/c1-4-5-9-19-11-13-21-14-12-20-10-8-18-7-6-17-15-16(18,2)3/h17H,4-15H2,1-3H3. The first-order chi connectivity index (χ1) is 10.2. The van der Waals surface area contributed by atoms with Crippen molar-refractivity contribution >= 4 is 0 Å². The third-order valence-electron chi connectivity index (χ3n) is 3.86. The van der Waals surface area contributed by atoms with Crippen LogP contribution >= 0.6 is 0 Å². The lowest BCUT2D eigenvalue weighted by molar-refractivity contribution is 0.000261. The molecule has 0 aliphatic carbocycles. The molecular weight excluding hydrogens is 268 g/mol. The number of ether oxygens (including phenoxy) is 3. The fourth-order valence-corrected chi connectivity index (χ4v) is 2.40. The van der Waals surface area contributed by atoms with Crippen LogP contribution in [0.4, 0.5) is 0 Å². The molecule has 1 heterocycles. The average molecular weight is 302 g/mol. The van der Waals surface area contributed by atoms with E-state index in [9.17, 15) is 0 Å². The molecule has 0 atom stereocenters. The quantitative estimate of drug-likeness (QED) is 0.554. The molecule has 0 bridgehead atoms. The zero-order chi connectivity index (χ0) is 15.4. The highest BCUT2D eigenvalue weighted by Gasteiger charge is 2.28. The molecule has 126 valence electrons. The molecule has 1 N–H and O–H groups in total. The first kappa shape index (κ1) is 18.8. The van der Waals surface area contributed by atoms with Crippen molar-refractivity contribution in [3.05, 3.63) is 0 Å². The van der Waals surface area contributed by atoms with E-state index in [0.717, 1.165) is 45.8 Å². The number of hydrogen-bond acceptors (Lipinski definition) is 5. The van der Waals surface area contributed by atoms with Gasteiger partial charge in [-0.3, -0.25) is 4.90 Å². The van der Waals surface area contributed by atoms with Crippen LogP contribution in [0, 0.1) is 0 Å². The van der Waals surface area contributed by atoms with Gasteiger partial charge in [0.1, 0.15) is 0 Å². The normalized spacial score (nSPS) is 19.0. The van der Waals surface area contributed by atoms with Crippen LogP contribution in [0.2, 0.25) is 0 Å². The van der Waals surface area contributed by atoms with Crippen LogP contribution in [0.3, 0.4) is 0 Å². The van der Waals surface area contributed by atoms with E-state index in [0.29, 0.717) is 26.4 Å². The van der Waals surface area contributed by atoms with Crippen LogP contribution in [-0.2, 0) is 14.2 Å². The van der Waals surface area contributed by atoms with E-state index in [2.05, 4.69) is 31.0 Å². The van der Waals surface area contributed by atoms with Gasteiger partial charge in [-0.25, -0.2) is 0 Å². The lowest BCUT2D eigenvalue weighted by Gasteiger charge is -2.42. The molecule has 5 heteroatoms. The zero-order valence-electron chi connectivity index (χ0n) is 14.2. The lowest BCUT2D eigenvalue weighted by atomic mass is 10.0. The Morgan fingerprint density at radius 1 is 0.952 bits per heavy atom. The smallest absolute Gasteiger partial charge is 0.0701 e. The Morgan fingerprint density at radius 2 is 1.57 bits per heavy atom. The molecule has 1 rings (SSSR count). The van der Waals surface area contributed by atoms with E-state index in [1.54, 1.807) is 0 Å². The molecule has 1 saturated heterocycles. The van der Waals surface area contributed by atoms with Crippen molar-refractivity contribution in [1.29, 1.82) is 0 Å². The Morgan fingerprint density at radius 3 is 2.19 bits per heavy atom. The van der Waals surface area contributed by atoms with Crippen molar-refractivity contribution in [2.45, 2.75) is 39.2 Å². The molecule has 0 unspecified atom stereocenters. The number of hydrogen-bond donors (Lipinski definition) is 1. The van der Waals surface area contributed by atoms with Crippen LogP contribution in [0.5, 0.6) is 0 Å². The van der Waals surface area contributed by atoms with Gasteiger partial charge in [-0.05, 0) is 20.3 Å². The first-order valence-electron chi connectivity index (χ1n) is 8.36. The molecule has 0 aromatic rings. The van der Waals surface area contributed by atoms with E-state index in [1.165, 1.54) is 6.42 Å². The predicted octanol–water partition coefficient (Wildman–Crippen LogP) is 1.52. The van der Waals surface area contributed by atoms with Crippen molar-refractivity contribution in [3.8, 4) is 0 Å². The molecule has 21 heavy (non-hydrogen) atoms. The van der Waals surface area contributed by atoms with E-state index in [4.69, 9.17) is 14.2 Å². The molecular formula is C16H34N2O3. The molecule has 0 saturated carbocycles. The molecule has 1 aliphatic rings. The topological polar surface area (TPSA) is 43.0 Å². The Balaban J connectivity index is 1.86. The summed E-state index contributed by atoms with van der Waals surface area (Å²) in [4.78, 5) is 2.49. The van der Waals surface area contributed by atoms with E-state index >= 15 is 0 Å². The molecule has 0 aromatic heterocycles. The Labute approximate surface area is 130 Å². The minimum absolute atomic E-state index is 0.230. The molecule has 0 amide bonds. The van der Waals surface area contributed by atoms with Crippen molar-refractivity contribution in [2.24, 2.45) is 0 Å². The summed E-state index contributed by atoms with van der Waals surface area (Å²) < 4.78 is 16.5. The van der Waals surface area contributed by atoms with Gasteiger partial charge in [-0.2, -0.15) is 0 Å². The van der Waals surface area contributed by atoms with E-state index in [1.807, 2.05) is 0 Å². The maximum absolute atomic E-state index is 5.65. The number of unbranched alkanes of at least 4 members (excludes halogenated alkanes) is 1. The highest BCUT2D eigenvalue weighted by Crippen LogP contribution is 2.15. The summed E-state index contributed by atoms with van der Waals surface area (Å²) in [5.41, 5.74) is 0.230. The van der Waals surface area contributed by atoms with Crippen LogP contribution in [0.25, 0.3) is 0 Å². The summed E-state index contributed by atoms with van der Waals surface area (Å²) >= 11 is 0. The molecule has 0 radical (unpaired) electrons. The summed E-state index contributed by atoms with van der Waals surface area (Å²) in [5, 5.41) is 3.43. The fourth-order valence-electron chi connectivity index (χ4n) is 2.40. The van der Waals surface area contributed by atoms with Gasteiger partial charge >= 0.3 is 0 Å². The molecule has 0 aromatic carbocycles. The van der Waals surface area contributed by atoms with E-state index in [-0.39, 0.29) is 5.54 Å². The summed E-state index contributed by atoms with van der Waals surface area (Å²) in [6, 6.07) is 0. The third kappa shape index (κ3) is 8.73. The minimum Gasteiger partial charge on any atom is -0.379 e. The minimum atomic E-state index is 0.230. The Bertz CT molecular complexity index is 250. The van der Waals surface area contributed by atoms with Crippen molar-refractivity contribution in [2.75, 3.05) is 65.8 Å². The first-order valence-corrected chi connectivity index (χ1v) is 8.36. The monoisotopic (exact) mass is 302 g/mol. The maximum Gasteiger partial charge on any atom is 0.0701 e. The summed E-state index contributed by atoms with van der Waals surface area (Å²) in [6.45, 7) is 15.2. The Kier molecular flexibility index (Phi) is 10.2. The lowest BCUT2D eigenvalue weighted by Crippen LogP contribution is -2.58. The average Bonchev–Trinajstić information content (AvgIpc) is 2.46. The van der Waals surface area contributed by atoms with Crippen LogP contribution in [-0.4, -0.2) is 76.3 Å². The predicted molar refractivity (Wildman–Crippen MR) is 85.9 cm³/mol. The maximum atomic E-state index is 5.65. The van der Waals surface area contributed by atoms with Crippen molar-refractivity contribution in [1.82, 2.24) is 10.2 Å². The highest BCUT2D eigenvalue weighted by molar-refractivity contribution is 4.87. The van der Waals surface area contributed by atoms with Gasteiger partial charge in [0.25, 0.3) is 0 Å². The largest absolute Gasteiger partial charge is 0.379 e. The van der Waals surface area contributed by atoms with Gasteiger partial charge in [0.15, 0.2) is 0 Å². The van der Waals surface area contributed by atoms with Gasteiger partial charge in [-0.1, -0.05) is 13.3 Å². The van der Waals surface area contributed by atoms with Gasteiger partial charge in [0.2, 0.25) is 0 Å². The molecule has 1 fully saturated rings. The van der Waals surface area contributed by atoms with Gasteiger partial charge in [-0.15, -0.1) is 0 Å². The molecule has 0 spiro atoms. The Hall–Kier alpha value is -0.200. The second kappa shape index (κ2) is 11.4. The number of piperazine rings is 1. The summed E-state index contributed by atoms with van der Waals surface area (Å²) in [7, 11) is 0. The van der Waals surface area contributed by atoms with Gasteiger partial charge in [0.05, 0.1) is 33.0 Å². The number of rotatable bonds is 12. The highest BCUT2D eigenvalue weighted by atomic mass is 16.5. The van der Waals surface area contributed by atoms with Gasteiger partial charge < -0.3 is 19.5 Å². The molecule has 5 nitrogen and oxygen atoms in total. The summed E-state index contributed by atoms with van der Waals surface area (Å²) in [5.74, 6) is 0. The van der Waals surface area contributed by atoms with Crippen LogP contribution < -0.4 is 5.32 Å². The van der Waals surface area contributed by atoms with Crippen molar-refractivity contribution < 1.29 is 14.2 Å². The van der Waals surface area contributed by atoms with Gasteiger partial charge in [0, 0.05) is 38.3 Å². The van der Waals surface area contributed by atoms with Crippen LogP contribution in [0.1, 0.15) is 33.6 Å². The summed E-state index contributed by atoms with van der Waals surface area (Å²) in [6.07, 6.45) is 2.31. The SMILES string of the molecule is CCCCOCCOCCOCCN1CCNCC1(C)C. The third-order valence-corrected chi connectivity index (χ3v) is 3.86. The second-order valence-electron chi connectivity index (χ2n) is 6.17. The van der Waals surface area contributed by atoms with E-state index < -0.39 is 0 Å². The zero-order valence-corrected chi connectivity index (χ0v) is 14.2.